The van der Waals surface area contributed by atoms with Gasteiger partial charge in [-0.05, 0) is 31.2 Å². The molecule has 0 atom stereocenters. The van der Waals surface area contributed by atoms with Crippen molar-refractivity contribution in [3.05, 3.63) is 64.9 Å². The SMILES string of the molecule is CC(=O)c1cc2c(cc1NC(=O)/C=C/c1csc(N(C(C)=O)c3ccccc3F)n1)OCO2. The largest absolute Gasteiger partial charge is 0.454 e. The lowest BCUT2D eigenvalue weighted by molar-refractivity contribution is -0.116. The number of carbonyl (C=O) groups is 3. The van der Waals surface area contributed by atoms with E-state index in [2.05, 4.69) is 10.3 Å². The van der Waals surface area contributed by atoms with Crippen LogP contribution in [0.25, 0.3) is 6.08 Å². The van der Waals surface area contributed by atoms with Crippen LogP contribution < -0.4 is 19.7 Å². The normalized spacial score (nSPS) is 12.1. The molecule has 33 heavy (non-hydrogen) atoms. The zero-order valence-electron chi connectivity index (χ0n) is 17.6. The Balaban J connectivity index is 1.52. The summed E-state index contributed by atoms with van der Waals surface area (Å²) in [5, 5.41) is 4.55. The van der Waals surface area contributed by atoms with Gasteiger partial charge in [0.2, 0.25) is 18.6 Å². The van der Waals surface area contributed by atoms with Gasteiger partial charge in [0, 0.05) is 30.0 Å². The lowest BCUT2D eigenvalue weighted by Gasteiger charge is -2.18. The maximum Gasteiger partial charge on any atom is 0.248 e. The highest BCUT2D eigenvalue weighted by Crippen LogP contribution is 2.37. The van der Waals surface area contributed by atoms with E-state index in [9.17, 15) is 18.8 Å². The second-order valence-electron chi connectivity index (χ2n) is 6.99. The summed E-state index contributed by atoms with van der Waals surface area (Å²) < 4.78 is 24.8. The van der Waals surface area contributed by atoms with Crippen LogP contribution in [0.4, 0.5) is 20.9 Å². The summed E-state index contributed by atoms with van der Waals surface area (Å²) >= 11 is 1.13. The van der Waals surface area contributed by atoms with E-state index < -0.39 is 17.6 Å². The third-order valence-corrected chi connectivity index (χ3v) is 5.51. The second-order valence-corrected chi connectivity index (χ2v) is 7.83. The molecule has 1 N–H and O–H groups in total. The minimum Gasteiger partial charge on any atom is -0.454 e. The van der Waals surface area contributed by atoms with Crippen molar-refractivity contribution in [2.24, 2.45) is 0 Å². The number of hydrogen-bond acceptors (Lipinski definition) is 7. The molecule has 0 radical (unpaired) electrons. The maximum atomic E-state index is 14.2. The van der Waals surface area contributed by atoms with Crippen LogP contribution in [-0.2, 0) is 9.59 Å². The van der Waals surface area contributed by atoms with E-state index in [1.807, 2.05) is 0 Å². The quantitative estimate of drug-likeness (QED) is 0.422. The number of Topliss-reactive ketones (excluding diaryl/α,β-unsaturated/α-hetero) is 1. The molecular formula is C23H18FN3O5S. The first-order valence-electron chi connectivity index (χ1n) is 9.78. The number of amides is 2. The lowest BCUT2D eigenvalue weighted by Crippen LogP contribution is -2.23. The predicted molar refractivity (Wildman–Crippen MR) is 122 cm³/mol. The molecule has 8 nitrogen and oxygen atoms in total. The van der Waals surface area contributed by atoms with Crippen LogP contribution in [0.2, 0.25) is 0 Å². The number of para-hydroxylation sites is 1. The van der Waals surface area contributed by atoms with E-state index in [1.165, 1.54) is 61.2 Å². The van der Waals surface area contributed by atoms with Gasteiger partial charge in [0.25, 0.3) is 0 Å². The van der Waals surface area contributed by atoms with Crippen molar-refractivity contribution in [2.75, 3.05) is 17.0 Å². The average molecular weight is 467 g/mol. The molecule has 2 amide bonds. The molecule has 2 aromatic carbocycles. The Morgan fingerprint density at radius 3 is 2.58 bits per heavy atom. The van der Waals surface area contributed by atoms with Crippen molar-refractivity contribution >= 4 is 51.5 Å². The molecule has 0 aliphatic carbocycles. The Labute approximate surface area is 192 Å². The minimum absolute atomic E-state index is 0.0420. The number of rotatable bonds is 6. The molecule has 1 aliphatic rings. The van der Waals surface area contributed by atoms with Gasteiger partial charge >= 0.3 is 0 Å². The highest BCUT2D eigenvalue weighted by Gasteiger charge is 2.21. The smallest absolute Gasteiger partial charge is 0.248 e. The molecule has 3 aromatic rings. The molecule has 0 fully saturated rings. The van der Waals surface area contributed by atoms with Gasteiger partial charge in [0.1, 0.15) is 5.82 Å². The van der Waals surface area contributed by atoms with Crippen LogP contribution in [0, 0.1) is 5.82 Å². The fraction of sp³-hybridized carbons (Fsp3) is 0.130. The van der Waals surface area contributed by atoms with Gasteiger partial charge in [-0.15, -0.1) is 11.3 Å². The highest BCUT2D eigenvalue weighted by atomic mass is 32.1. The first-order chi connectivity index (χ1) is 15.8. The van der Waals surface area contributed by atoms with Gasteiger partial charge in [0.05, 0.1) is 17.1 Å². The monoisotopic (exact) mass is 467 g/mol. The van der Waals surface area contributed by atoms with E-state index in [0.717, 1.165) is 11.3 Å². The average Bonchev–Trinajstić information content (AvgIpc) is 3.42. The highest BCUT2D eigenvalue weighted by molar-refractivity contribution is 7.14. The van der Waals surface area contributed by atoms with Crippen molar-refractivity contribution in [3.63, 3.8) is 0 Å². The number of ketones is 1. The summed E-state index contributed by atoms with van der Waals surface area (Å²) in [6, 6.07) is 8.96. The summed E-state index contributed by atoms with van der Waals surface area (Å²) in [5.41, 5.74) is 1.08. The number of hydrogen-bond donors (Lipinski definition) is 1. The molecule has 0 bridgehead atoms. The third kappa shape index (κ3) is 4.75. The van der Waals surface area contributed by atoms with Crippen LogP contribution in [0.15, 0.2) is 47.9 Å². The molecule has 1 aromatic heterocycles. The van der Waals surface area contributed by atoms with E-state index in [0.29, 0.717) is 28.4 Å². The van der Waals surface area contributed by atoms with Gasteiger partial charge < -0.3 is 14.8 Å². The van der Waals surface area contributed by atoms with E-state index >= 15 is 0 Å². The first-order valence-corrected chi connectivity index (χ1v) is 10.7. The number of nitrogens with zero attached hydrogens (tertiary/aromatic N) is 2. The van der Waals surface area contributed by atoms with Crippen molar-refractivity contribution in [2.45, 2.75) is 13.8 Å². The molecule has 2 heterocycles. The molecule has 1 aliphatic heterocycles. The molecule has 10 heteroatoms. The van der Waals surface area contributed by atoms with E-state index in [4.69, 9.17) is 9.47 Å². The van der Waals surface area contributed by atoms with Crippen LogP contribution in [0.3, 0.4) is 0 Å². The van der Waals surface area contributed by atoms with Crippen LogP contribution in [0.5, 0.6) is 11.5 Å². The maximum absolute atomic E-state index is 14.2. The Morgan fingerprint density at radius 1 is 1.15 bits per heavy atom. The summed E-state index contributed by atoms with van der Waals surface area (Å²) in [6.07, 6.45) is 2.70. The van der Waals surface area contributed by atoms with Crippen LogP contribution >= 0.6 is 11.3 Å². The van der Waals surface area contributed by atoms with E-state index in [-0.39, 0.29) is 23.4 Å². The number of carbonyl (C=O) groups excluding carboxylic acids is 3. The van der Waals surface area contributed by atoms with Gasteiger partial charge in [-0.1, -0.05) is 12.1 Å². The Kier molecular flexibility index (Phi) is 6.18. The van der Waals surface area contributed by atoms with Crippen LogP contribution in [-0.4, -0.2) is 29.4 Å². The summed E-state index contributed by atoms with van der Waals surface area (Å²) in [4.78, 5) is 42.0. The van der Waals surface area contributed by atoms with Gasteiger partial charge in [-0.3, -0.25) is 19.3 Å². The topological polar surface area (TPSA) is 97.8 Å². The number of aromatic nitrogens is 1. The van der Waals surface area contributed by atoms with Crippen molar-refractivity contribution in [3.8, 4) is 11.5 Å². The zero-order valence-corrected chi connectivity index (χ0v) is 18.4. The van der Waals surface area contributed by atoms with E-state index in [1.54, 1.807) is 11.4 Å². The number of ether oxygens (including phenoxy) is 2. The minimum atomic E-state index is -0.552. The van der Waals surface area contributed by atoms with Crippen molar-refractivity contribution < 1.29 is 28.2 Å². The Morgan fingerprint density at radius 2 is 1.88 bits per heavy atom. The second kappa shape index (κ2) is 9.21. The van der Waals surface area contributed by atoms with Crippen molar-refractivity contribution in [1.29, 1.82) is 0 Å². The van der Waals surface area contributed by atoms with Crippen LogP contribution in [0.1, 0.15) is 29.9 Å². The molecular weight excluding hydrogens is 449 g/mol. The number of fused-ring (bicyclic) bond motifs is 1. The summed E-state index contributed by atoms with van der Waals surface area (Å²) in [7, 11) is 0. The van der Waals surface area contributed by atoms with Gasteiger partial charge in [0.15, 0.2) is 22.4 Å². The number of benzene rings is 2. The van der Waals surface area contributed by atoms with Gasteiger partial charge in [-0.25, -0.2) is 9.37 Å². The number of halogens is 1. The summed E-state index contributed by atoms with van der Waals surface area (Å²) in [6.45, 7) is 2.74. The van der Waals surface area contributed by atoms with Crippen molar-refractivity contribution in [1.82, 2.24) is 4.98 Å². The summed E-state index contributed by atoms with van der Waals surface area (Å²) in [5.74, 6) is -0.821. The predicted octanol–water partition coefficient (Wildman–Crippen LogP) is 4.55. The standard InChI is InChI=1S/C23H18FN3O5S/c1-13(28)16-9-20-21(32-12-31-20)10-18(16)26-22(30)8-7-15-11-33-23(25-15)27(14(2)29)19-6-4-3-5-17(19)24/h3-11H,12H2,1-2H3,(H,26,30)/b8-7+. The molecule has 0 saturated heterocycles. The molecule has 0 spiro atoms. The Bertz CT molecular complexity index is 1290. The molecule has 4 rings (SSSR count). The zero-order chi connectivity index (χ0) is 23.5. The number of nitrogens with one attached hydrogen (secondary N) is 1. The number of anilines is 3. The lowest BCUT2D eigenvalue weighted by atomic mass is 10.1. The fourth-order valence-electron chi connectivity index (χ4n) is 3.17. The molecule has 168 valence electrons. The fourth-order valence-corrected chi connectivity index (χ4v) is 4.02. The Hall–Kier alpha value is -4.05. The first kappa shape index (κ1) is 22.2. The molecule has 0 saturated carbocycles. The number of thiazole rings is 1. The third-order valence-electron chi connectivity index (χ3n) is 4.66. The van der Waals surface area contributed by atoms with Gasteiger partial charge in [-0.2, -0.15) is 0 Å². The molecule has 0 unspecified atom stereocenters.